The summed E-state index contributed by atoms with van der Waals surface area (Å²) in [4.78, 5) is 26.8. The van der Waals surface area contributed by atoms with E-state index in [2.05, 4.69) is 14.6 Å². The number of aromatic nitrogens is 3. The first-order valence-corrected chi connectivity index (χ1v) is 8.32. The van der Waals surface area contributed by atoms with Gasteiger partial charge in [0.25, 0.3) is 5.91 Å². The maximum absolute atomic E-state index is 13.1. The van der Waals surface area contributed by atoms with E-state index in [-0.39, 0.29) is 23.6 Å². The molecule has 1 aromatic carbocycles. The van der Waals surface area contributed by atoms with Crippen molar-refractivity contribution in [1.29, 1.82) is 0 Å². The lowest BCUT2D eigenvalue weighted by Gasteiger charge is -2.18. The number of ether oxygens (including phenoxy) is 2. The molecule has 1 aliphatic rings. The summed E-state index contributed by atoms with van der Waals surface area (Å²) in [6.45, 7) is 0.0925. The molecule has 0 atom stereocenters. The summed E-state index contributed by atoms with van der Waals surface area (Å²) in [5, 5.41) is 4.40. The van der Waals surface area contributed by atoms with Crippen LogP contribution in [0.1, 0.15) is 15.9 Å². The van der Waals surface area contributed by atoms with Gasteiger partial charge in [-0.3, -0.25) is 14.3 Å². The largest absolute Gasteiger partial charge is 0.586 e. The van der Waals surface area contributed by atoms with Crippen LogP contribution in [0.5, 0.6) is 11.5 Å². The molecule has 1 amide bonds. The van der Waals surface area contributed by atoms with Gasteiger partial charge in [-0.15, -0.1) is 8.78 Å². The molecule has 4 rings (SSSR count). The summed E-state index contributed by atoms with van der Waals surface area (Å²) in [6.07, 6.45) is -0.814. The topological polar surface area (TPSA) is 78.6 Å². The molecule has 146 valence electrons. The van der Waals surface area contributed by atoms with E-state index in [1.807, 2.05) is 0 Å². The van der Waals surface area contributed by atoms with E-state index in [9.17, 15) is 18.4 Å². The van der Waals surface area contributed by atoms with Gasteiger partial charge in [0.05, 0.1) is 11.6 Å². The Morgan fingerprint density at radius 3 is 2.71 bits per heavy atom. The lowest BCUT2D eigenvalue weighted by Crippen LogP contribution is -2.31. The molecular weight excluding hydrogens is 374 g/mol. The highest BCUT2D eigenvalue weighted by atomic mass is 19.3. The molecule has 0 aliphatic carbocycles. The number of fused-ring (bicyclic) bond motifs is 2. The number of pyridine rings is 1. The molecule has 3 heterocycles. The van der Waals surface area contributed by atoms with Crippen molar-refractivity contribution in [3.05, 3.63) is 51.9 Å². The Morgan fingerprint density at radius 2 is 1.96 bits per heavy atom. The Labute approximate surface area is 157 Å². The lowest BCUT2D eigenvalue weighted by atomic mass is 10.1. The van der Waals surface area contributed by atoms with Crippen LogP contribution in [0.3, 0.4) is 0 Å². The standard InChI is InChI=1S/C18H16F2N4O4/c1-22-9-12(15(25)11-7-21-24(3)16(11)22)17(26)23(2)8-10-4-5-13-14(6-10)28-18(19,20)27-13/h4-7,9H,8H2,1-3H3. The molecule has 2 aromatic heterocycles. The number of hydrogen-bond acceptors (Lipinski definition) is 5. The fourth-order valence-electron chi connectivity index (χ4n) is 3.26. The predicted molar refractivity (Wildman–Crippen MR) is 94.4 cm³/mol. The first-order valence-electron chi connectivity index (χ1n) is 8.32. The van der Waals surface area contributed by atoms with Crippen LogP contribution < -0.4 is 14.9 Å². The van der Waals surface area contributed by atoms with E-state index in [1.54, 1.807) is 29.4 Å². The number of rotatable bonds is 3. The second kappa shape index (κ2) is 6.04. The first-order chi connectivity index (χ1) is 13.2. The van der Waals surface area contributed by atoms with Gasteiger partial charge in [-0.1, -0.05) is 6.07 Å². The molecule has 0 N–H and O–H groups in total. The first kappa shape index (κ1) is 18.0. The normalized spacial score (nSPS) is 14.5. The van der Waals surface area contributed by atoms with Gasteiger partial charge < -0.3 is 18.9 Å². The molecule has 0 bridgehead atoms. The minimum Gasteiger partial charge on any atom is -0.395 e. The van der Waals surface area contributed by atoms with E-state index in [0.717, 1.165) is 0 Å². The number of alkyl halides is 2. The fraction of sp³-hybridized carbons (Fsp3) is 0.278. The van der Waals surface area contributed by atoms with E-state index in [4.69, 9.17) is 0 Å². The second-order valence-corrected chi connectivity index (χ2v) is 6.60. The Balaban J connectivity index is 1.61. The summed E-state index contributed by atoms with van der Waals surface area (Å²) in [6, 6.07) is 4.28. The molecule has 0 radical (unpaired) electrons. The van der Waals surface area contributed by atoms with Gasteiger partial charge in [0.15, 0.2) is 11.5 Å². The van der Waals surface area contributed by atoms with Gasteiger partial charge in [0.1, 0.15) is 11.2 Å². The molecule has 10 heteroatoms. The van der Waals surface area contributed by atoms with Crippen LogP contribution in [0.25, 0.3) is 11.0 Å². The Bertz CT molecular complexity index is 1170. The molecule has 0 spiro atoms. The number of aryl methyl sites for hydroxylation is 2. The molecule has 0 saturated carbocycles. The smallest absolute Gasteiger partial charge is 0.395 e. The van der Waals surface area contributed by atoms with Gasteiger partial charge in [-0.2, -0.15) is 5.10 Å². The van der Waals surface area contributed by atoms with Crippen molar-refractivity contribution in [2.24, 2.45) is 14.1 Å². The minimum atomic E-state index is -3.70. The van der Waals surface area contributed by atoms with Crippen LogP contribution in [0, 0.1) is 0 Å². The van der Waals surface area contributed by atoms with Crippen LogP contribution in [0.15, 0.2) is 35.4 Å². The monoisotopic (exact) mass is 390 g/mol. The van der Waals surface area contributed by atoms with Crippen molar-refractivity contribution in [2.75, 3.05) is 7.05 Å². The van der Waals surface area contributed by atoms with Gasteiger partial charge in [0, 0.05) is 33.9 Å². The van der Waals surface area contributed by atoms with Gasteiger partial charge >= 0.3 is 6.29 Å². The molecule has 0 saturated heterocycles. The van der Waals surface area contributed by atoms with Crippen molar-refractivity contribution >= 4 is 16.9 Å². The maximum Gasteiger partial charge on any atom is 0.586 e. The van der Waals surface area contributed by atoms with Crippen molar-refractivity contribution in [2.45, 2.75) is 12.8 Å². The summed E-state index contributed by atoms with van der Waals surface area (Å²) < 4.78 is 38.3. The summed E-state index contributed by atoms with van der Waals surface area (Å²) in [5.74, 6) is -0.663. The Hall–Kier alpha value is -3.43. The Kier molecular flexibility index (Phi) is 3.88. The highest BCUT2D eigenvalue weighted by Gasteiger charge is 2.43. The quantitative estimate of drug-likeness (QED) is 0.682. The molecule has 28 heavy (non-hydrogen) atoms. The maximum atomic E-state index is 13.1. The van der Waals surface area contributed by atoms with E-state index in [0.29, 0.717) is 16.6 Å². The SMILES string of the molecule is CN(Cc1ccc2c(c1)OC(F)(F)O2)C(=O)c1cn(C)c2c(cnn2C)c1=O. The number of hydrogen-bond donors (Lipinski definition) is 0. The number of amides is 1. The highest BCUT2D eigenvalue weighted by Crippen LogP contribution is 2.41. The van der Waals surface area contributed by atoms with Gasteiger partial charge in [0.2, 0.25) is 5.43 Å². The molecule has 3 aromatic rings. The van der Waals surface area contributed by atoms with Crippen molar-refractivity contribution in [3.63, 3.8) is 0 Å². The number of nitrogens with zero attached hydrogens (tertiary/aromatic N) is 4. The highest BCUT2D eigenvalue weighted by molar-refractivity contribution is 5.96. The number of carbonyl (C=O) groups is 1. The third kappa shape index (κ3) is 2.86. The van der Waals surface area contributed by atoms with Crippen LogP contribution >= 0.6 is 0 Å². The zero-order valence-corrected chi connectivity index (χ0v) is 15.3. The number of benzene rings is 1. The van der Waals surface area contributed by atoms with Gasteiger partial charge in [-0.25, -0.2) is 0 Å². The average molecular weight is 390 g/mol. The van der Waals surface area contributed by atoms with Crippen molar-refractivity contribution < 1.29 is 23.0 Å². The molecule has 0 fully saturated rings. The summed E-state index contributed by atoms with van der Waals surface area (Å²) >= 11 is 0. The van der Waals surface area contributed by atoms with E-state index in [1.165, 1.54) is 36.5 Å². The lowest BCUT2D eigenvalue weighted by molar-refractivity contribution is -0.286. The third-order valence-electron chi connectivity index (χ3n) is 4.52. The van der Waals surface area contributed by atoms with E-state index >= 15 is 0 Å². The van der Waals surface area contributed by atoms with Crippen LogP contribution in [0.2, 0.25) is 0 Å². The zero-order chi connectivity index (χ0) is 20.2. The molecule has 8 nitrogen and oxygen atoms in total. The zero-order valence-electron chi connectivity index (χ0n) is 15.3. The summed E-state index contributed by atoms with van der Waals surface area (Å²) in [5.41, 5.74) is 0.734. The third-order valence-corrected chi connectivity index (χ3v) is 4.52. The van der Waals surface area contributed by atoms with Crippen molar-refractivity contribution in [1.82, 2.24) is 19.2 Å². The van der Waals surface area contributed by atoms with E-state index < -0.39 is 17.6 Å². The predicted octanol–water partition coefficient (Wildman–Crippen LogP) is 1.87. The van der Waals surface area contributed by atoms with Crippen LogP contribution in [-0.2, 0) is 20.6 Å². The van der Waals surface area contributed by atoms with Crippen LogP contribution in [0.4, 0.5) is 8.78 Å². The van der Waals surface area contributed by atoms with Crippen LogP contribution in [-0.4, -0.2) is 38.5 Å². The minimum absolute atomic E-state index is 0.00206. The number of carbonyl (C=O) groups excluding carboxylic acids is 1. The summed E-state index contributed by atoms with van der Waals surface area (Å²) in [7, 11) is 4.95. The molecule has 1 aliphatic heterocycles. The Morgan fingerprint density at radius 1 is 1.25 bits per heavy atom. The molecular formula is C18H16F2N4O4. The van der Waals surface area contributed by atoms with Gasteiger partial charge in [-0.05, 0) is 17.7 Å². The molecule has 0 unspecified atom stereocenters. The number of halogens is 2. The van der Waals surface area contributed by atoms with Crippen molar-refractivity contribution in [3.8, 4) is 11.5 Å². The second-order valence-electron chi connectivity index (χ2n) is 6.60. The average Bonchev–Trinajstić information content (AvgIpc) is 3.15. The fourth-order valence-corrected chi connectivity index (χ4v) is 3.26.